The molecule has 1 aliphatic heterocycles. The number of aromatic nitrogens is 1. The number of carbonyl (C=O) groups excluding carboxylic acids is 2. The predicted octanol–water partition coefficient (Wildman–Crippen LogP) is 5.81. The van der Waals surface area contributed by atoms with Crippen LogP contribution < -0.4 is 14.2 Å². The van der Waals surface area contributed by atoms with Crippen LogP contribution in [0.15, 0.2) is 59.8 Å². The van der Waals surface area contributed by atoms with Gasteiger partial charge in [0.1, 0.15) is 16.1 Å². The summed E-state index contributed by atoms with van der Waals surface area (Å²) in [5.41, 5.74) is 0.742. The fraction of sp³-hybridized carbons (Fsp3) is 0.367. The van der Waals surface area contributed by atoms with Crippen molar-refractivity contribution in [2.75, 3.05) is 18.9 Å². The summed E-state index contributed by atoms with van der Waals surface area (Å²) in [7, 11) is -4.23. The van der Waals surface area contributed by atoms with Gasteiger partial charge in [0.25, 0.3) is 0 Å². The number of hydrogen-bond acceptors (Lipinski definition) is 9. The minimum atomic E-state index is -4.23. The van der Waals surface area contributed by atoms with Crippen molar-refractivity contribution in [1.82, 2.24) is 4.31 Å². The number of esters is 1. The molecule has 3 aromatic rings. The molecule has 246 valence electrons. The van der Waals surface area contributed by atoms with Crippen molar-refractivity contribution >= 4 is 56.7 Å². The first-order chi connectivity index (χ1) is 21.8. The molecule has 2 atom stereocenters. The SMILES string of the molecule is CC(=O)c1cccc(S(=O)(=O)N2CCS[C@H]2C(=O)O[C@@H](Cc2c(Cl)c[n+]([O-])cc2Cl)c2ccc(OC(F)F)c(OCC3CC3)c2)c1. The minimum absolute atomic E-state index is 0.000390. The largest absolute Gasteiger partial charge is 0.619 e. The maximum Gasteiger partial charge on any atom is 0.387 e. The molecule has 1 saturated heterocycles. The summed E-state index contributed by atoms with van der Waals surface area (Å²) >= 11 is 13.7. The van der Waals surface area contributed by atoms with Gasteiger partial charge < -0.3 is 19.4 Å². The molecule has 2 aromatic carbocycles. The first kappa shape index (κ1) is 34.2. The molecule has 1 aromatic heterocycles. The van der Waals surface area contributed by atoms with Gasteiger partial charge >= 0.3 is 12.6 Å². The Morgan fingerprint density at radius 3 is 2.48 bits per heavy atom. The van der Waals surface area contributed by atoms with Gasteiger partial charge in [0.2, 0.25) is 10.0 Å². The number of halogens is 4. The Balaban J connectivity index is 1.48. The molecule has 0 bridgehead atoms. The van der Waals surface area contributed by atoms with Gasteiger partial charge in [-0.2, -0.15) is 17.8 Å². The van der Waals surface area contributed by atoms with E-state index in [0.717, 1.165) is 41.3 Å². The molecular weight excluding hydrogens is 689 g/mol. The van der Waals surface area contributed by atoms with Crippen LogP contribution in [0.1, 0.15) is 47.4 Å². The van der Waals surface area contributed by atoms with Crippen LogP contribution in [0.3, 0.4) is 0 Å². The number of hydrogen-bond donors (Lipinski definition) is 0. The number of pyridine rings is 1. The number of carbonyl (C=O) groups is 2. The average Bonchev–Trinajstić information content (AvgIpc) is 3.69. The van der Waals surface area contributed by atoms with E-state index in [1.165, 1.54) is 49.4 Å². The lowest BCUT2D eigenvalue weighted by Gasteiger charge is -2.26. The Morgan fingerprint density at radius 2 is 1.83 bits per heavy atom. The van der Waals surface area contributed by atoms with Crippen molar-refractivity contribution in [3.8, 4) is 11.5 Å². The van der Waals surface area contributed by atoms with Gasteiger partial charge in [-0.25, -0.2) is 13.2 Å². The lowest BCUT2D eigenvalue weighted by molar-refractivity contribution is -0.605. The number of benzene rings is 2. The maximum absolute atomic E-state index is 13.7. The summed E-state index contributed by atoms with van der Waals surface area (Å²) < 4.78 is 71.4. The number of thioether (sulfide) groups is 1. The van der Waals surface area contributed by atoms with Crippen molar-refractivity contribution in [3.05, 3.63) is 86.8 Å². The molecule has 0 amide bonds. The van der Waals surface area contributed by atoms with Gasteiger partial charge in [0, 0.05) is 29.8 Å². The summed E-state index contributed by atoms with van der Waals surface area (Å²) in [5, 5.41) is 10.5. The van der Waals surface area contributed by atoms with Gasteiger partial charge in [0.15, 0.2) is 35.0 Å². The zero-order valence-electron chi connectivity index (χ0n) is 24.2. The molecule has 0 unspecified atom stereocenters. The zero-order chi connectivity index (χ0) is 33.2. The standard InChI is InChI=1S/C30H28Cl2F2N2O8S2/c1-17(37)19-3-2-4-21(11-19)46(40,41)36-9-10-45-28(36)29(38)43-26(13-22-23(31)14-35(39)15-24(22)32)20-7-8-25(44-30(33)34)27(12-20)42-16-18-5-6-18/h2-4,7-8,11-12,14-15,18,26,28,30H,5-6,9-10,13,16H2,1H3/t26-,28-/m0/s1. The Bertz CT molecular complexity index is 1720. The highest BCUT2D eigenvalue weighted by Crippen LogP contribution is 2.39. The summed E-state index contributed by atoms with van der Waals surface area (Å²) in [5.74, 6) is -0.885. The fourth-order valence-electron chi connectivity index (χ4n) is 4.76. The lowest BCUT2D eigenvalue weighted by atomic mass is 10.0. The fourth-order valence-corrected chi connectivity index (χ4v) is 8.45. The second-order valence-electron chi connectivity index (χ2n) is 10.7. The molecule has 0 spiro atoms. The van der Waals surface area contributed by atoms with Crippen LogP contribution in [0, 0.1) is 11.1 Å². The van der Waals surface area contributed by atoms with Crippen molar-refractivity contribution in [2.24, 2.45) is 5.92 Å². The molecule has 10 nitrogen and oxygen atoms in total. The third kappa shape index (κ3) is 8.03. The quantitative estimate of drug-likeness (QED) is 0.0932. The summed E-state index contributed by atoms with van der Waals surface area (Å²) in [6.45, 7) is -1.54. The van der Waals surface area contributed by atoms with Crippen molar-refractivity contribution in [2.45, 2.75) is 49.2 Å². The van der Waals surface area contributed by atoms with E-state index in [4.69, 9.17) is 32.7 Å². The highest BCUT2D eigenvalue weighted by molar-refractivity contribution is 8.02. The zero-order valence-corrected chi connectivity index (χ0v) is 27.4. The molecule has 46 heavy (non-hydrogen) atoms. The van der Waals surface area contributed by atoms with Crippen LogP contribution in [-0.2, 0) is 26.0 Å². The molecule has 2 heterocycles. The molecule has 0 N–H and O–H groups in total. The molecule has 1 saturated carbocycles. The van der Waals surface area contributed by atoms with Crippen LogP contribution >= 0.6 is 35.0 Å². The number of Topliss-reactive ketones (excluding diaryl/α,β-unsaturated/α-hetero) is 1. The molecule has 2 fully saturated rings. The van der Waals surface area contributed by atoms with E-state index in [0.29, 0.717) is 10.3 Å². The number of alkyl halides is 2. The third-order valence-corrected chi connectivity index (χ3v) is 11.2. The van der Waals surface area contributed by atoms with E-state index in [1.54, 1.807) is 0 Å². The Kier molecular flexibility index (Phi) is 10.6. The van der Waals surface area contributed by atoms with Crippen molar-refractivity contribution in [3.63, 3.8) is 0 Å². The van der Waals surface area contributed by atoms with E-state index < -0.39 is 34.1 Å². The number of ketones is 1. The summed E-state index contributed by atoms with van der Waals surface area (Å²) in [4.78, 5) is 25.5. The molecule has 0 radical (unpaired) electrons. The minimum Gasteiger partial charge on any atom is -0.619 e. The van der Waals surface area contributed by atoms with Gasteiger partial charge in [-0.05, 0) is 55.5 Å². The van der Waals surface area contributed by atoms with Crippen LogP contribution in [0.5, 0.6) is 11.5 Å². The molecule has 5 rings (SSSR count). The first-order valence-corrected chi connectivity index (χ1v) is 17.3. The Hall–Kier alpha value is -3.17. The van der Waals surface area contributed by atoms with E-state index in [9.17, 15) is 32.0 Å². The van der Waals surface area contributed by atoms with Crippen molar-refractivity contribution < 1.29 is 45.7 Å². The number of ether oxygens (including phenoxy) is 3. The summed E-state index contributed by atoms with van der Waals surface area (Å²) in [6, 6.07) is 9.59. The van der Waals surface area contributed by atoms with Gasteiger partial charge in [-0.3, -0.25) is 4.79 Å². The number of rotatable bonds is 13. The molecule has 2 aliphatic rings. The monoisotopic (exact) mass is 716 g/mol. The Labute approximate surface area is 278 Å². The van der Waals surface area contributed by atoms with Crippen LogP contribution in [0.25, 0.3) is 0 Å². The van der Waals surface area contributed by atoms with E-state index in [-0.39, 0.29) is 74.6 Å². The van der Waals surface area contributed by atoms with E-state index in [1.807, 2.05) is 0 Å². The molecule has 1 aliphatic carbocycles. The van der Waals surface area contributed by atoms with Gasteiger partial charge in [0.05, 0.1) is 11.5 Å². The topological polar surface area (TPSA) is 126 Å². The summed E-state index contributed by atoms with van der Waals surface area (Å²) in [6.07, 6.45) is 2.68. The third-order valence-electron chi connectivity index (χ3n) is 7.33. The van der Waals surface area contributed by atoms with Crippen LogP contribution in [0.4, 0.5) is 8.78 Å². The first-order valence-electron chi connectivity index (χ1n) is 14.1. The number of nitrogens with zero attached hydrogens (tertiary/aromatic N) is 2. The van der Waals surface area contributed by atoms with Crippen molar-refractivity contribution in [1.29, 1.82) is 0 Å². The molecule has 16 heteroatoms. The smallest absolute Gasteiger partial charge is 0.387 e. The van der Waals surface area contributed by atoms with E-state index in [2.05, 4.69) is 4.74 Å². The maximum atomic E-state index is 13.7. The highest BCUT2D eigenvalue weighted by Gasteiger charge is 2.42. The number of sulfonamides is 1. The average molecular weight is 718 g/mol. The predicted molar refractivity (Wildman–Crippen MR) is 166 cm³/mol. The van der Waals surface area contributed by atoms with Crippen LogP contribution in [-0.4, -0.2) is 55.4 Å². The normalized spacial score (nSPS) is 17.6. The van der Waals surface area contributed by atoms with Gasteiger partial charge in [-0.1, -0.05) is 41.4 Å². The van der Waals surface area contributed by atoms with Crippen LogP contribution in [0.2, 0.25) is 10.0 Å². The second kappa shape index (κ2) is 14.3. The van der Waals surface area contributed by atoms with E-state index >= 15 is 0 Å². The molecular formula is C30H28Cl2F2N2O8S2. The highest BCUT2D eigenvalue weighted by atomic mass is 35.5. The lowest BCUT2D eigenvalue weighted by Crippen LogP contribution is -2.40. The van der Waals surface area contributed by atoms with Gasteiger partial charge in [-0.15, -0.1) is 11.8 Å². The Morgan fingerprint density at radius 1 is 1.11 bits per heavy atom. The second-order valence-corrected chi connectivity index (χ2v) is 14.6.